The fraction of sp³-hybridized carbons (Fsp3) is 0.545. The number of carbonyl (C=O) groups is 2. The molecule has 2 heterocycles. The predicted octanol–water partition coefficient (Wildman–Crippen LogP) is -0.367. The van der Waals surface area contributed by atoms with Crippen molar-refractivity contribution in [2.24, 2.45) is 0 Å². The molecule has 0 saturated carbocycles. The van der Waals surface area contributed by atoms with Gasteiger partial charge >= 0.3 is 5.97 Å². The smallest absolute Gasteiger partial charge is 0.331 e. The Morgan fingerprint density at radius 1 is 1.56 bits per heavy atom. The molecule has 2 rings (SSSR count). The monoisotopic (exact) mass is 253 g/mol. The number of hydrogen-bond donors (Lipinski definition) is 2. The summed E-state index contributed by atoms with van der Waals surface area (Å²) in [6.45, 7) is 0.803. The topological polar surface area (TPSA) is 93.5 Å². The first-order chi connectivity index (χ1) is 8.62. The van der Waals surface area contributed by atoms with Crippen LogP contribution in [0.2, 0.25) is 0 Å². The van der Waals surface area contributed by atoms with E-state index in [0.717, 1.165) is 0 Å². The lowest BCUT2D eigenvalue weighted by molar-refractivity contribution is -0.147. The number of hydrogen-bond acceptors (Lipinski definition) is 4. The van der Waals surface area contributed by atoms with Gasteiger partial charge in [-0.25, -0.2) is 4.79 Å². The van der Waals surface area contributed by atoms with Crippen molar-refractivity contribution in [2.45, 2.75) is 24.9 Å². The van der Waals surface area contributed by atoms with Crippen LogP contribution in [0.25, 0.3) is 0 Å². The lowest BCUT2D eigenvalue weighted by Gasteiger charge is -2.23. The number of carboxylic acid groups (broad SMARTS) is 1. The molecule has 7 nitrogen and oxygen atoms in total. The van der Waals surface area contributed by atoms with Crippen LogP contribution in [0.15, 0.2) is 18.5 Å². The molecule has 0 aliphatic carbocycles. The molecule has 98 valence electrons. The van der Waals surface area contributed by atoms with Gasteiger partial charge in [0.1, 0.15) is 0 Å². The largest absolute Gasteiger partial charge is 0.479 e. The van der Waals surface area contributed by atoms with Crippen molar-refractivity contribution in [3.63, 3.8) is 0 Å². The van der Waals surface area contributed by atoms with Gasteiger partial charge in [-0.15, -0.1) is 0 Å². The van der Waals surface area contributed by atoms with Gasteiger partial charge in [0.25, 0.3) is 0 Å². The van der Waals surface area contributed by atoms with Crippen molar-refractivity contribution in [2.75, 3.05) is 13.2 Å². The molecule has 1 aromatic rings. The zero-order valence-corrected chi connectivity index (χ0v) is 9.83. The number of aliphatic carboxylic acids is 1. The molecule has 0 spiro atoms. The van der Waals surface area contributed by atoms with Gasteiger partial charge in [0.15, 0.2) is 5.54 Å². The Morgan fingerprint density at radius 3 is 2.94 bits per heavy atom. The molecule has 1 saturated heterocycles. The molecule has 0 bridgehead atoms. The highest BCUT2D eigenvalue weighted by atomic mass is 16.5. The average molecular weight is 253 g/mol. The third kappa shape index (κ3) is 2.67. The first-order valence-corrected chi connectivity index (χ1v) is 5.72. The first-order valence-electron chi connectivity index (χ1n) is 5.72. The molecule has 0 aromatic carbocycles. The van der Waals surface area contributed by atoms with Crippen molar-refractivity contribution in [3.8, 4) is 0 Å². The van der Waals surface area contributed by atoms with E-state index >= 15 is 0 Å². The van der Waals surface area contributed by atoms with Crippen LogP contribution in [0.3, 0.4) is 0 Å². The van der Waals surface area contributed by atoms with E-state index in [4.69, 9.17) is 9.84 Å². The minimum atomic E-state index is -1.26. The molecule has 2 N–H and O–H groups in total. The Hall–Kier alpha value is -1.89. The number of amides is 1. The molecular weight excluding hydrogens is 238 g/mol. The third-order valence-electron chi connectivity index (χ3n) is 2.94. The van der Waals surface area contributed by atoms with E-state index in [1.807, 2.05) is 0 Å². The summed E-state index contributed by atoms with van der Waals surface area (Å²) in [6.07, 6.45) is 3.87. The quantitative estimate of drug-likeness (QED) is 0.747. The molecule has 1 atom stereocenters. The van der Waals surface area contributed by atoms with Crippen LogP contribution in [0.5, 0.6) is 0 Å². The van der Waals surface area contributed by atoms with Gasteiger partial charge in [0.05, 0.1) is 6.61 Å². The van der Waals surface area contributed by atoms with Crippen LogP contribution in [-0.4, -0.2) is 45.5 Å². The van der Waals surface area contributed by atoms with E-state index in [1.54, 1.807) is 23.1 Å². The second-order valence-electron chi connectivity index (χ2n) is 4.26. The molecule has 1 aliphatic rings. The van der Waals surface area contributed by atoms with Crippen molar-refractivity contribution in [1.29, 1.82) is 0 Å². The number of nitrogens with one attached hydrogen (secondary N) is 1. The maximum atomic E-state index is 11.7. The number of carbonyl (C=O) groups excluding carboxylic acids is 1. The van der Waals surface area contributed by atoms with E-state index < -0.39 is 11.5 Å². The summed E-state index contributed by atoms with van der Waals surface area (Å²) in [5.74, 6) is -1.36. The summed E-state index contributed by atoms with van der Waals surface area (Å²) in [5, 5.41) is 15.7. The van der Waals surface area contributed by atoms with E-state index in [9.17, 15) is 9.59 Å². The van der Waals surface area contributed by atoms with E-state index in [-0.39, 0.29) is 18.9 Å². The number of carboxylic acids is 1. The summed E-state index contributed by atoms with van der Waals surface area (Å²) in [5.41, 5.74) is -1.26. The fourth-order valence-electron chi connectivity index (χ4n) is 1.86. The summed E-state index contributed by atoms with van der Waals surface area (Å²) < 4.78 is 6.68. The highest BCUT2D eigenvalue weighted by molar-refractivity contribution is 5.87. The SMILES string of the molecule is O=C(CCn1cccn1)NC1(C(=O)O)CCOC1. The molecule has 1 fully saturated rings. The van der Waals surface area contributed by atoms with Gasteiger partial charge in [-0.3, -0.25) is 9.48 Å². The van der Waals surface area contributed by atoms with E-state index in [1.165, 1.54) is 0 Å². The van der Waals surface area contributed by atoms with Gasteiger partial charge in [-0.2, -0.15) is 5.10 Å². The maximum absolute atomic E-state index is 11.7. The second-order valence-corrected chi connectivity index (χ2v) is 4.26. The second kappa shape index (κ2) is 5.18. The number of ether oxygens (including phenoxy) is 1. The molecule has 0 radical (unpaired) electrons. The molecule has 1 aliphatic heterocycles. The van der Waals surface area contributed by atoms with Crippen LogP contribution < -0.4 is 5.32 Å². The molecule has 1 unspecified atom stereocenters. The minimum absolute atomic E-state index is 0.0237. The average Bonchev–Trinajstić information content (AvgIpc) is 2.97. The van der Waals surface area contributed by atoms with Gasteiger partial charge in [-0.1, -0.05) is 0 Å². The summed E-state index contributed by atoms with van der Waals surface area (Å²) in [7, 11) is 0. The number of aryl methyl sites for hydroxylation is 1. The standard InChI is InChI=1S/C11H15N3O4/c15-9(2-6-14-5-1-4-12-14)13-11(10(16)17)3-7-18-8-11/h1,4-5H,2-3,6-8H2,(H,13,15)(H,16,17). The van der Waals surface area contributed by atoms with Crippen molar-refractivity contribution >= 4 is 11.9 Å². The summed E-state index contributed by atoms with van der Waals surface area (Å²) in [6, 6.07) is 1.77. The Labute approximate surface area is 104 Å². The van der Waals surface area contributed by atoms with Crippen LogP contribution >= 0.6 is 0 Å². The Kier molecular flexibility index (Phi) is 3.61. The van der Waals surface area contributed by atoms with Gasteiger partial charge in [0.2, 0.25) is 5.91 Å². The third-order valence-corrected chi connectivity index (χ3v) is 2.94. The lowest BCUT2D eigenvalue weighted by Crippen LogP contribution is -2.55. The van der Waals surface area contributed by atoms with Crippen molar-refractivity contribution in [1.82, 2.24) is 15.1 Å². The van der Waals surface area contributed by atoms with Crippen LogP contribution in [0.1, 0.15) is 12.8 Å². The zero-order chi connectivity index (χ0) is 13.0. The Morgan fingerprint density at radius 2 is 2.39 bits per heavy atom. The molecule has 18 heavy (non-hydrogen) atoms. The van der Waals surface area contributed by atoms with Crippen LogP contribution in [-0.2, 0) is 20.9 Å². The summed E-state index contributed by atoms with van der Waals surface area (Å²) in [4.78, 5) is 22.9. The van der Waals surface area contributed by atoms with Crippen LogP contribution in [0.4, 0.5) is 0 Å². The molecule has 7 heteroatoms. The normalized spacial score (nSPS) is 22.9. The lowest BCUT2D eigenvalue weighted by atomic mass is 9.99. The predicted molar refractivity (Wildman–Crippen MR) is 60.8 cm³/mol. The summed E-state index contributed by atoms with van der Waals surface area (Å²) >= 11 is 0. The van der Waals surface area contributed by atoms with Crippen molar-refractivity contribution < 1.29 is 19.4 Å². The number of nitrogens with zero attached hydrogens (tertiary/aromatic N) is 2. The van der Waals surface area contributed by atoms with Gasteiger partial charge in [0, 0.05) is 38.4 Å². The van der Waals surface area contributed by atoms with Crippen molar-refractivity contribution in [3.05, 3.63) is 18.5 Å². The zero-order valence-electron chi connectivity index (χ0n) is 9.83. The molecular formula is C11H15N3O4. The van der Waals surface area contributed by atoms with Gasteiger partial charge < -0.3 is 15.2 Å². The molecule has 1 aromatic heterocycles. The Bertz CT molecular complexity index is 424. The van der Waals surface area contributed by atoms with E-state index in [2.05, 4.69) is 10.4 Å². The van der Waals surface area contributed by atoms with Crippen LogP contribution in [0, 0.1) is 0 Å². The maximum Gasteiger partial charge on any atom is 0.331 e. The number of rotatable bonds is 5. The fourth-order valence-corrected chi connectivity index (χ4v) is 1.86. The van der Waals surface area contributed by atoms with E-state index in [0.29, 0.717) is 19.6 Å². The number of aromatic nitrogens is 2. The highest BCUT2D eigenvalue weighted by Crippen LogP contribution is 2.19. The first kappa shape index (κ1) is 12.6. The molecule has 1 amide bonds. The Balaban J connectivity index is 1.88. The highest BCUT2D eigenvalue weighted by Gasteiger charge is 2.43. The minimum Gasteiger partial charge on any atom is -0.479 e. The van der Waals surface area contributed by atoms with Gasteiger partial charge in [-0.05, 0) is 6.07 Å².